The predicted octanol–water partition coefficient (Wildman–Crippen LogP) is 0.973. The van der Waals surface area contributed by atoms with E-state index in [2.05, 4.69) is 17.6 Å². The molecule has 1 aromatic carbocycles. The van der Waals surface area contributed by atoms with Crippen molar-refractivity contribution >= 4 is 34.0 Å². The number of hydrogen-bond acceptors (Lipinski definition) is 4. The molecule has 8 heteroatoms. The van der Waals surface area contributed by atoms with Crippen LogP contribution < -0.4 is 0 Å². The molecule has 0 bridgehead atoms. The van der Waals surface area contributed by atoms with E-state index in [1.165, 1.54) is 6.07 Å². The van der Waals surface area contributed by atoms with Gasteiger partial charge in [-0.2, -0.15) is 12.4 Å². The number of benzene rings is 1. The van der Waals surface area contributed by atoms with Crippen LogP contribution in [-0.4, -0.2) is 21.9 Å². The molecule has 0 aliphatic rings. The zero-order chi connectivity index (χ0) is 10.3. The molecule has 2 aromatic rings. The second-order valence-electron chi connectivity index (χ2n) is 2.64. The summed E-state index contributed by atoms with van der Waals surface area (Å²) in [6.07, 6.45) is 0. The van der Waals surface area contributed by atoms with Gasteiger partial charge in [0, 0.05) is 22.4 Å². The summed E-state index contributed by atoms with van der Waals surface area (Å²) in [5, 5.41) is -0.0614. The molecule has 0 fully saturated rings. The minimum absolute atomic E-state index is 0. The molecule has 5 nitrogen and oxygen atoms in total. The number of imidazole rings is 1. The Kier molecular flexibility index (Phi) is 3.64. The van der Waals surface area contributed by atoms with Crippen molar-refractivity contribution in [2.45, 2.75) is 5.16 Å². The van der Waals surface area contributed by atoms with E-state index in [1.54, 1.807) is 18.2 Å². The van der Waals surface area contributed by atoms with Crippen molar-refractivity contribution in [2.24, 2.45) is 0 Å². The molecule has 1 aromatic heterocycles. The first-order valence-corrected chi connectivity index (χ1v) is 5.49. The Morgan fingerprint density at radius 2 is 1.93 bits per heavy atom. The molecule has 0 aliphatic heterocycles. The molecule has 0 atom stereocenters. The number of aromatic nitrogens is 2. The smallest absolute Gasteiger partial charge is 0.269 e. The molecule has 0 saturated heterocycles. The fourth-order valence-electron chi connectivity index (χ4n) is 1.22. The van der Waals surface area contributed by atoms with Crippen molar-refractivity contribution in [2.75, 3.05) is 0 Å². The summed E-state index contributed by atoms with van der Waals surface area (Å²) >= 11 is 3.86. The van der Waals surface area contributed by atoms with E-state index in [1.807, 2.05) is 0 Å². The number of para-hydroxylation sites is 2. The maximum atomic E-state index is 11.0. The Hall–Kier alpha value is -0.310. The van der Waals surface area contributed by atoms with Crippen LogP contribution in [0.25, 0.3) is 11.0 Å². The van der Waals surface area contributed by atoms with E-state index >= 15 is 0 Å². The van der Waals surface area contributed by atoms with Crippen LogP contribution in [-0.2, 0) is 32.7 Å². The van der Waals surface area contributed by atoms with Crippen LogP contribution in [0.5, 0.6) is 0 Å². The zero-order valence-electron chi connectivity index (χ0n) is 7.12. The van der Waals surface area contributed by atoms with Gasteiger partial charge in [-0.15, -0.1) is 12.6 Å². The van der Waals surface area contributed by atoms with Gasteiger partial charge in [0.25, 0.3) is 0 Å². The summed E-state index contributed by atoms with van der Waals surface area (Å²) in [6.45, 7) is 0. The predicted molar refractivity (Wildman–Crippen MR) is 53.9 cm³/mol. The van der Waals surface area contributed by atoms with Gasteiger partial charge in [-0.1, -0.05) is 12.1 Å². The number of thiol groups is 1. The van der Waals surface area contributed by atoms with Gasteiger partial charge in [0.2, 0.25) is 0 Å². The molecular formula is C7H6AgN2O3S2. The summed E-state index contributed by atoms with van der Waals surface area (Å²) in [4.78, 5) is 3.87. The summed E-state index contributed by atoms with van der Waals surface area (Å²) in [7, 11) is -4.34. The third-order valence-electron chi connectivity index (χ3n) is 1.73. The third-order valence-corrected chi connectivity index (χ3v) is 3.00. The second-order valence-corrected chi connectivity index (χ2v) is 4.30. The van der Waals surface area contributed by atoms with E-state index in [9.17, 15) is 8.42 Å². The van der Waals surface area contributed by atoms with Crippen molar-refractivity contribution in [3.63, 3.8) is 0 Å². The Labute approximate surface area is 107 Å². The van der Waals surface area contributed by atoms with Gasteiger partial charge in [-0.05, 0) is 12.1 Å². The van der Waals surface area contributed by atoms with Crippen LogP contribution in [0, 0.1) is 0 Å². The van der Waals surface area contributed by atoms with Gasteiger partial charge in [0.05, 0.1) is 11.0 Å². The molecule has 0 spiro atoms. The van der Waals surface area contributed by atoms with E-state index in [-0.39, 0.29) is 27.5 Å². The van der Waals surface area contributed by atoms with Gasteiger partial charge < -0.3 is 0 Å². The van der Waals surface area contributed by atoms with Gasteiger partial charge in [0.15, 0.2) is 5.16 Å². The average Bonchev–Trinajstić information content (AvgIpc) is 2.38. The second kappa shape index (κ2) is 4.28. The molecule has 1 N–H and O–H groups in total. The number of nitrogens with zero attached hydrogens (tertiary/aromatic N) is 2. The summed E-state index contributed by atoms with van der Waals surface area (Å²) in [6, 6.07) is 6.54. The fraction of sp³-hybridized carbons (Fsp3) is 0. The van der Waals surface area contributed by atoms with Crippen LogP contribution in [0.4, 0.5) is 0 Å². The Morgan fingerprint density at radius 3 is 2.53 bits per heavy atom. The Morgan fingerprint density at radius 1 is 1.33 bits per heavy atom. The van der Waals surface area contributed by atoms with Crippen LogP contribution in [0.15, 0.2) is 29.4 Å². The minimum Gasteiger partial charge on any atom is -0.269 e. The molecule has 0 saturated carbocycles. The van der Waals surface area contributed by atoms with E-state index in [4.69, 9.17) is 4.55 Å². The number of rotatable bonds is 1. The summed E-state index contributed by atoms with van der Waals surface area (Å²) in [5.41, 5.74) is 0.773. The van der Waals surface area contributed by atoms with Crippen molar-refractivity contribution in [1.82, 2.24) is 8.96 Å². The topological polar surface area (TPSA) is 72.2 Å². The molecule has 15 heavy (non-hydrogen) atoms. The largest absolute Gasteiger partial charge is 0.366 e. The van der Waals surface area contributed by atoms with Crippen molar-refractivity contribution in [1.29, 1.82) is 0 Å². The maximum absolute atomic E-state index is 11.0. The Bertz CT molecular complexity index is 593. The molecule has 1 heterocycles. The van der Waals surface area contributed by atoms with Crippen LogP contribution in [0.3, 0.4) is 0 Å². The van der Waals surface area contributed by atoms with Crippen molar-refractivity contribution in [3.05, 3.63) is 24.3 Å². The van der Waals surface area contributed by atoms with E-state index in [0.29, 0.717) is 15.0 Å². The third kappa shape index (κ3) is 2.27. The van der Waals surface area contributed by atoms with Crippen molar-refractivity contribution in [3.8, 4) is 0 Å². The number of hydrogen-bond donors (Lipinski definition) is 2. The first-order valence-electron chi connectivity index (χ1n) is 3.64. The van der Waals surface area contributed by atoms with Crippen molar-refractivity contribution < 1.29 is 35.4 Å². The van der Waals surface area contributed by atoms with Gasteiger partial charge >= 0.3 is 10.3 Å². The molecule has 0 amide bonds. The molecule has 0 aliphatic carbocycles. The Balaban J connectivity index is 0.00000112. The molecule has 85 valence electrons. The van der Waals surface area contributed by atoms with Gasteiger partial charge in [0.1, 0.15) is 0 Å². The van der Waals surface area contributed by atoms with Crippen LogP contribution in [0.1, 0.15) is 0 Å². The van der Waals surface area contributed by atoms with Gasteiger partial charge in [-0.25, -0.2) is 4.98 Å². The monoisotopic (exact) mass is 337 g/mol. The zero-order valence-corrected chi connectivity index (χ0v) is 10.3. The van der Waals surface area contributed by atoms with Crippen LogP contribution in [0.2, 0.25) is 0 Å². The minimum atomic E-state index is -4.34. The maximum Gasteiger partial charge on any atom is 0.366 e. The molecular weight excluding hydrogens is 332 g/mol. The molecule has 0 unspecified atom stereocenters. The summed E-state index contributed by atoms with van der Waals surface area (Å²) in [5.74, 6) is 0. The first-order chi connectivity index (χ1) is 6.50. The normalized spacial score (nSPS) is 11.3. The molecule has 2 rings (SSSR count). The van der Waals surface area contributed by atoms with Gasteiger partial charge in [-0.3, -0.25) is 4.55 Å². The quantitative estimate of drug-likeness (QED) is 0.462. The standard InChI is InChI=1S/C7H6N2O3S2.Ag/c10-14(11,12)9-6-4-2-1-3-5(6)8-7(9)13;/h1-4H,(H,8,13)(H,10,11,12);. The first kappa shape index (κ1) is 12.8. The van der Waals surface area contributed by atoms with Crippen LogP contribution >= 0.6 is 12.6 Å². The molecule has 1 radical (unpaired) electrons. The fourth-order valence-corrected chi connectivity index (χ4v) is 2.39. The SMILES string of the molecule is O=S(=O)(O)n1c(S)nc2ccccc21.[Ag]. The average molecular weight is 338 g/mol. The summed E-state index contributed by atoms with van der Waals surface area (Å²) < 4.78 is 31.5. The number of fused-ring (bicyclic) bond motifs is 1. The van der Waals surface area contributed by atoms with E-state index in [0.717, 1.165) is 0 Å². The van der Waals surface area contributed by atoms with E-state index < -0.39 is 10.3 Å².